The summed E-state index contributed by atoms with van der Waals surface area (Å²) in [5.41, 5.74) is 2.55. The number of hydrogen-bond donors (Lipinski definition) is 0. The first-order valence-corrected chi connectivity index (χ1v) is 7.32. The van der Waals surface area contributed by atoms with Gasteiger partial charge in [-0.25, -0.2) is 4.98 Å². The maximum Gasteiger partial charge on any atom is 0.161 e. The minimum absolute atomic E-state index is 0.0770. The van der Waals surface area contributed by atoms with E-state index in [1.807, 2.05) is 12.1 Å². The van der Waals surface area contributed by atoms with Gasteiger partial charge in [0.15, 0.2) is 5.69 Å². The summed E-state index contributed by atoms with van der Waals surface area (Å²) in [6.07, 6.45) is 3.95. The van der Waals surface area contributed by atoms with Crippen molar-refractivity contribution in [2.24, 2.45) is 0 Å². The topological polar surface area (TPSA) is 52.8 Å². The lowest BCUT2D eigenvalue weighted by atomic mass is 9.93. The second kappa shape index (κ2) is 5.51. The van der Waals surface area contributed by atoms with Gasteiger partial charge < -0.3 is 4.90 Å². The van der Waals surface area contributed by atoms with Crippen LogP contribution >= 0.6 is 23.2 Å². The summed E-state index contributed by atoms with van der Waals surface area (Å²) < 4.78 is 0. The van der Waals surface area contributed by atoms with Gasteiger partial charge in [-0.2, -0.15) is 5.26 Å². The summed E-state index contributed by atoms with van der Waals surface area (Å²) in [4.78, 5) is 10.5. The van der Waals surface area contributed by atoms with Gasteiger partial charge in [0.05, 0.1) is 18.4 Å². The van der Waals surface area contributed by atoms with Crippen LogP contribution in [0.3, 0.4) is 0 Å². The lowest BCUT2D eigenvalue weighted by molar-refractivity contribution is 0.615. The highest BCUT2D eigenvalue weighted by molar-refractivity contribution is 6.35. The lowest BCUT2D eigenvalue weighted by Crippen LogP contribution is -2.35. The van der Waals surface area contributed by atoms with Crippen LogP contribution in [-0.2, 0) is 6.42 Å². The maximum atomic E-state index is 8.95. The van der Waals surface area contributed by atoms with Gasteiger partial charge >= 0.3 is 0 Å². The fourth-order valence-corrected chi connectivity index (χ4v) is 3.32. The highest BCUT2D eigenvalue weighted by atomic mass is 35.5. The summed E-state index contributed by atoms with van der Waals surface area (Å²) in [7, 11) is 0. The second-order valence-electron chi connectivity index (χ2n) is 4.95. The van der Waals surface area contributed by atoms with Crippen molar-refractivity contribution in [3.8, 4) is 6.07 Å². The summed E-state index contributed by atoms with van der Waals surface area (Å²) in [6.45, 7) is 2.85. The Morgan fingerprint density at radius 1 is 1.33 bits per heavy atom. The average molecular weight is 319 g/mol. The molecule has 1 aliphatic rings. The SMILES string of the molecule is CC1c2cc(Cl)cc(Cl)c2CCN1c1cncc(C#N)n1. The van der Waals surface area contributed by atoms with Crippen molar-refractivity contribution in [3.63, 3.8) is 0 Å². The fourth-order valence-electron chi connectivity index (χ4n) is 2.71. The normalized spacial score (nSPS) is 17.2. The van der Waals surface area contributed by atoms with Gasteiger partial charge in [0, 0.05) is 16.6 Å². The number of halogens is 2. The van der Waals surface area contributed by atoms with Crippen LogP contribution in [0.15, 0.2) is 24.5 Å². The van der Waals surface area contributed by atoms with Crippen molar-refractivity contribution in [3.05, 3.63) is 51.4 Å². The quantitative estimate of drug-likeness (QED) is 0.803. The molecule has 1 aromatic heterocycles. The van der Waals surface area contributed by atoms with Gasteiger partial charge in [0.25, 0.3) is 0 Å². The Morgan fingerprint density at radius 3 is 2.90 bits per heavy atom. The standard InChI is InChI=1S/C15H12Cl2N4/c1-9-13-4-10(16)5-14(17)12(13)2-3-21(9)15-8-19-7-11(6-18)20-15/h4-5,7-9H,2-3H2,1H3. The molecule has 0 N–H and O–H groups in total. The first-order valence-electron chi connectivity index (χ1n) is 6.56. The smallest absolute Gasteiger partial charge is 0.161 e. The number of rotatable bonds is 1. The van der Waals surface area contributed by atoms with Gasteiger partial charge in [-0.15, -0.1) is 0 Å². The van der Waals surface area contributed by atoms with Crippen LogP contribution in [-0.4, -0.2) is 16.5 Å². The molecule has 2 aromatic rings. The number of nitriles is 1. The first-order chi connectivity index (χ1) is 10.1. The van der Waals surface area contributed by atoms with Crippen molar-refractivity contribution < 1.29 is 0 Å². The number of hydrogen-bond acceptors (Lipinski definition) is 4. The average Bonchev–Trinajstić information content (AvgIpc) is 2.48. The fraction of sp³-hybridized carbons (Fsp3) is 0.267. The van der Waals surface area contributed by atoms with E-state index < -0.39 is 0 Å². The predicted molar refractivity (Wildman–Crippen MR) is 82.7 cm³/mol. The highest BCUT2D eigenvalue weighted by Crippen LogP contribution is 2.37. The van der Waals surface area contributed by atoms with Gasteiger partial charge in [-0.1, -0.05) is 23.2 Å². The molecule has 0 saturated heterocycles. The third-order valence-corrected chi connectivity index (χ3v) is 4.30. The van der Waals surface area contributed by atoms with Gasteiger partial charge in [-0.3, -0.25) is 4.98 Å². The van der Waals surface area contributed by atoms with Crippen LogP contribution in [0.4, 0.5) is 5.82 Å². The molecule has 0 spiro atoms. The Hall–Kier alpha value is -1.83. The maximum absolute atomic E-state index is 8.95. The van der Waals surface area contributed by atoms with Crippen LogP contribution in [0.1, 0.15) is 29.8 Å². The number of fused-ring (bicyclic) bond motifs is 1. The molecule has 106 valence electrons. The monoisotopic (exact) mass is 318 g/mol. The molecule has 0 fully saturated rings. The van der Waals surface area contributed by atoms with E-state index in [9.17, 15) is 0 Å². The molecule has 0 saturated carbocycles. The molecule has 1 aliphatic heterocycles. The highest BCUT2D eigenvalue weighted by Gasteiger charge is 2.27. The largest absolute Gasteiger partial charge is 0.348 e. The molecule has 1 aromatic carbocycles. The lowest BCUT2D eigenvalue weighted by Gasteiger charge is -2.36. The second-order valence-corrected chi connectivity index (χ2v) is 5.79. The van der Waals surface area contributed by atoms with Crippen molar-refractivity contribution in [1.82, 2.24) is 9.97 Å². The van der Waals surface area contributed by atoms with Gasteiger partial charge in [0.2, 0.25) is 0 Å². The molecule has 4 nitrogen and oxygen atoms in total. The molecule has 3 rings (SSSR count). The van der Waals surface area contributed by atoms with Crippen molar-refractivity contribution in [2.75, 3.05) is 11.4 Å². The van der Waals surface area contributed by atoms with E-state index in [0.29, 0.717) is 21.6 Å². The third kappa shape index (κ3) is 2.55. The molecule has 0 aliphatic carbocycles. The summed E-state index contributed by atoms with van der Waals surface area (Å²) in [5, 5.41) is 10.3. The van der Waals surface area contributed by atoms with Crippen LogP contribution in [0.5, 0.6) is 0 Å². The molecule has 6 heteroatoms. The Labute approximate surface area is 133 Å². The van der Waals surface area contributed by atoms with Crippen molar-refractivity contribution in [2.45, 2.75) is 19.4 Å². The van der Waals surface area contributed by atoms with E-state index in [2.05, 4.69) is 21.8 Å². The molecule has 1 atom stereocenters. The number of benzene rings is 1. The first kappa shape index (κ1) is 14.1. The van der Waals surface area contributed by atoms with E-state index in [1.54, 1.807) is 12.3 Å². The van der Waals surface area contributed by atoms with Crippen LogP contribution in [0.25, 0.3) is 0 Å². The minimum Gasteiger partial charge on any atom is -0.348 e. The zero-order valence-electron chi connectivity index (χ0n) is 11.3. The Bertz CT molecular complexity index is 739. The summed E-state index contributed by atoms with van der Waals surface area (Å²) >= 11 is 12.4. The molecule has 0 radical (unpaired) electrons. The number of nitrogens with zero attached hydrogens (tertiary/aromatic N) is 4. The van der Waals surface area contributed by atoms with E-state index >= 15 is 0 Å². The predicted octanol–water partition coefficient (Wildman–Crippen LogP) is 3.78. The van der Waals surface area contributed by atoms with Crippen LogP contribution in [0.2, 0.25) is 10.0 Å². The van der Waals surface area contributed by atoms with E-state index in [1.165, 1.54) is 6.20 Å². The van der Waals surface area contributed by atoms with Gasteiger partial charge in [0.1, 0.15) is 11.9 Å². The zero-order valence-corrected chi connectivity index (χ0v) is 12.9. The Balaban J connectivity index is 2.02. The molecule has 1 unspecified atom stereocenters. The number of anilines is 1. The molecular formula is C15H12Cl2N4. The molecule has 0 amide bonds. The van der Waals surface area contributed by atoms with E-state index in [-0.39, 0.29) is 6.04 Å². The Morgan fingerprint density at radius 2 is 2.14 bits per heavy atom. The summed E-state index contributed by atoms with van der Waals surface area (Å²) in [5.74, 6) is 0.697. The molecule has 21 heavy (non-hydrogen) atoms. The van der Waals surface area contributed by atoms with E-state index in [4.69, 9.17) is 28.5 Å². The van der Waals surface area contributed by atoms with Crippen molar-refractivity contribution in [1.29, 1.82) is 5.26 Å². The minimum atomic E-state index is 0.0770. The Kier molecular flexibility index (Phi) is 3.71. The van der Waals surface area contributed by atoms with Crippen LogP contribution < -0.4 is 4.90 Å². The molecule has 2 heterocycles. The van der Waals surface area contributed by atoms with Crippen molar-refractivity contribution >= 4 is 29.0 Å². The molecular weight excluding hydrogens is 307 g/mol. The zero-order chi connectivity index (χ0) is 15.0. The van der Waals surface area contributed by atoms with Crippen LogP contribution in [0, 0.1) is 11.3 Å². The van der Waals surface area contributed by atoms with Gasteiger partial charge in [-0.05, 0) is 36.6 Å². The third-order valence-electron chi connectivity index (χ3n) is 3.75. The molecule has 0 bridgehead atoms. The summed E-state index contributed by atoms with van der Waals surface area (Å²) in [6, 6.07) is 5.82. The number of aromatic nitrogens is 2. The van der Waals surface area contributed by atoms with E-state index in [0.717, 1.165) is 24.1 Å².